The Balaban J connectivity index is 1.63. The summed E-state index contributed by atoms with van der Waals surface area (Å²) in [5, 5.41) is 9.95. The number of aliphatic hydroxyl groups is 1. The Hall–Kier alpha value is -3.10. The van der Waals surface area contributed by atoms with Crippen molar-refractivity contribution in [1.29, 1.82) is 0 Å². The molecule has 0 spiro atoms. The average Bonchev–Trinajstić information content (AvgIpc) is 3.28. The Labute approximate surface area is 187 Å². The SMILES string of the molecule is COc1ccc([C@@H]2[C@@H](CO)OCCN2C(=O)c2ccc(N3CCCC3=O)cc2)cc1OC. The highest BCUT2D eigenvalue weighted by Gasteiger charge is 2.37. The first-order valence-electron chi connectivity index (χ1n) is 10.7. The van der Waals surface area contributed by atoms with Crippen molar-refractivity contribution >= 4 is 17.5 Å². The second-order valence-electron chi connectivity index (χ2n) is 7.85. The Morgan fingerprint density at radius 2 is 1.84 bits per heavy atom. The van der Waals surface area contributed by atoms with Gasteiger partial charge in [0.05, 0.1) is 33.5 Å². The van der Waals surface area contributed by atoms with E-state index >= 15 is 0 Å². The molecule has 8 heteroatoms. The molecule has 32 heavy (non-hydrogen) atoms. The highest BCUT2D eigenvalue weighted by Crippen LogP contribution is 2.36. The summed E-state index contributed by atoms with van der Waals surface area (Å²) >= 11 is 0. The molecule has 0 unspecified atom stereocenters. The number of hydrogen-bond acceptors (Lipinski definition) is 6. The largest absolute Gasteiger partial charge is 0.493 e. The third kappa shape index (κ3) is 4.16. The maximum absolute atomic E-state index is 13.5. The molecule has 2 saturated heterocycles. The first-order chi connectivity index (χ1) is 15.6. The van der Waals surface area contributed by atoms with Gasteiger partial charge >= 0.3 is 0 Å². The molecule has 0 radical (unpaired) electrons. The van der Waals surface area contributed by atoms with Crippen LogP contribution in [0.5, 0.6) is 11.5 Å². The van der Waals surface area contributed by atoms with Crippen LogP contribution in [0.15, 0.2) is 42.5 Å². The van der Waals surface area contributed by atoms with Gasteiger partial charge in [-0.1, -0.05) is 6.07 Å². The predicted molar refractivity (Wildman–Crippen MR) is 118 cm³/mol. The number of hydrogen-bond donors (Lipinski definition) is 1. The van der Waals surface area contributed by atoms with Gasteiger partial charge in [0.15, 0.2) is 11.5 Å². The zero-order chi connectivity index (χ0) is 22.7. The number of ether oxygens (including phenoxy) is 3. The van der Waals surface area contributed by atoms with Crippen LogP contribution in [0.25, 0.3) is 0 Å². The van der Waals surface area contributed by atoms with Gasteiger partial charge in [0.1, 0.15) is 6.10 Å². The lowest BCUT2D eigenvalue weighted by Gasteiger charge is -2.41. The van der Waals surface area contributed by atoms with Gasteiger partial charge < -0.3 is 29.1 Å². The zero-order valence-corrected chi connectivity index (χ0v) is 18.3. The van der Waals surface area contributed by atoms with Crippen molar-refractivity contribution in [2.24, 2.45) is 0 Å². The van der Waals surface area contributed by atoms with Gasteiger partial charge in [0.25, 0.3) is 5.91 Å². The van der Waals surface area contributed by atoms with Crippen LogP contribution in [0.1, 0.15) is 34.8 Å². The van der Waals surface area contributed by atoms with E-state index in [0.29, 0.717) is 43.2 Å². The predicted octanol–water partition coefficient (Wildman–Crippen LogP) is 2.41. The molecule has 2 aliphatic rings. The number of nitrogens with zero attached hydrogens (tertiary/aromatic N) is 2. The smallest absolute Gasteiger partial charge is 0.254 e. The monoisotopic (exact) mass is 440 g/mol. The van der Waals surface area contributed by atoms with Crippen molar-refractivity contribution in [3.8, 4) is 11.5 Å². The number of rotatable bonds is 6. The Morgan fingerprint density at radius 3 is 2.47 bits per heavy atom. The van der Waals surface area contributed by atoms with Crippen LogP contribution in [0, 0.1) is 0 Å². The van der Waals surface area contributed by atoms with E-state index in [1.807, 2.05) is 24.3 Å². The molecule has 2 aliphatic heterocycles. The van der Waals surface area contributed by atoms with Crippen LogP contribution < -0.4 is 14.4 Å². The number of amides is 2. The Bertz CT molecular complexity index is 977. The lowest BCUT2D eigenvalue weighted by atomic mass is 9.96. The summed E-state index contributed by atoms with van der Waals surface area (Å²) in [6.45, 7) is 1.20. The molecule has 4 rings (SSSR count). The van der Waals surface area contributed by atoms with Crippen LogP contribution >= 0.6 is 0 Å². The summed E-state index contributed by atoms with van der Waals surface area (Å²) in [6.07, 6.45) is 0.847. The van der Waals surface area contributed by atoms with Crippen LogP contribution in [0.4, 0.5) is 5.69 Å². The van der Waals surface area contributed by atoms with E-state index in [9.17, 15) is 14.7 Å². The number of aliphatic hydroxyl groups excluding tert-OH is 1. The van der Waals surface area contributed by atoms with E-state index in [-0.39, 0.29) is 18.4 Å². The molecule has 2 heterocycles. The number of anilines is 1. The quantitative estimate of drug-likeness (QED) is 0.742. The Kier molecular flexibility index (Phi) is 6.62. The molecule has 8 nitrogen and oxygen atoms in total. The summed E-state index contributed by atoms with van der Waals surface area (Å²) in [5.41, 5.74) is 2.11. The lowest BCUT2D eigenvalue weighted by Crippen LogP contribution is -2.49. The summed E-state index contributed by atoms with van der Waals surface area (Å²) in [7, 11) is 3.12. The number of carbonyl (C=O) groups is 2. The molecule has 170 valence electrons. The van der Waals surface area contributed by atoms with E-state index in [1.165, 1.54) is 0 Å². The van der Waals surface area contributed by atoms with Gasteiger partial charge in [0.2, 0.25) is 5.91 Å². The molecule has 0 aromatic heterocycles. The van der Waals surface area contributed by atoms with Crippen LogP contribution in [-0.4, -0.2) is 68.4 Å². The summed E-state index contributed by atoms with van der Waals surface area (Å²) in [6, 6.07) is 12.1. The molecule has 2 amide bonds. The molecule has 0 bridgehead atoms. The number of methoxy groups -OCH3 is 2. The standard InChI is InChI=1S/C24H28N2O6/c1-30-19-10-7-17(14-20(19)31-2)23-21(15-27)32-13-12-26(23)24(29)16-5-8-18(9-6-16)25-11-3-4-22(25)28/h5-10,14,21,23,27H,3-4,11-13,15H2,1-2H3/t21-,23-/m1/s1. The van der Waals surface area contributed by atoms with E-state index in [1.54, 1.807) is 42.2 Å². The second-order valence-corrected chi connectivity index (χ2v) is 7.85. The van der Waals surface area contributed by atoms with Gasteiger partial charge in [-0.05, 0) is 48.4 Å². The molecule has 2 fully saturated rings. The van der Waals surface area contributed by atoms with Gasteiger partial charge in [-0.2, -0.15) is 0 Å². The molecule has 1 N–H and O–H groups in total. The third-order valence-corrected chi connectivity index (χ3v) is 6.04. The summed E-state index contributed by atoms with van der Waals surface area (Å²) < 4.78 is 16.5. The fraction of sp³-hybridized carbons (Fsp3) is 0.417. The lowest BCUT2D eigenvalue weighted by molar-refractivity contribution is -0.117. The van der Waals surface area contributed by atoms with Gasteiger partial charge in [-0.15, -0.1) is 0 Å². The number of benzene rings is 2. The fourth-order valence-electron chi connectivity index (χ4n) is 4.42. The normalized spacial score (nSPS) is 21.0. The molecule has 2 aromatic carbocycles. The molecule has 2 atom stereocenters. The molecule has 2 aromatic rings. The van der Waals surface area contributed by atoms with E-state index in [2.05, 4.69) is 0 Å². The first-order valence-corrected chi connectivity index (χ1v) is 10.7. The van der Waals surface area contributed by atoms with E-state index < -0.39 is 12.1 Å². The van der Waals surface area contributed by atoms with Crippen molar-refractivity contribution in [3.63, 3.8) is 0 Å². The van der Waals surface area contributed by atoms with E-state index in [4.69, 9.17) is 14.2 Å². The van der Waals surface area contributed by atoms with Crippen molar-refractivity contribution in [2.75, 3.05) is 45.4 Å². The summed E-state index contributed by atoms with van der Waals surface area (Å²) in [5.74, 6) is 1.07. The minimum Gasteiger partial charge on any atom is -0.493 e. The van der Waals surface area contributed by atoms with Crippen molar-refractivity contribution in [2.45, 2.75) is 25.0 Å². The number of morpholine rings is 1. The van der Waals surface area contributed by atoms with Crippen molar-refractivity contribution < 1.29 is 28.9 Å². The highest BCUT2D eigenvalue weighted by molar-refractivity contribution is 5.97. The first kappa shape index (κ1) is 22.1. The highest BCUT2D eigenvalue weighted by atomic mass is 16.5. The van der Waals surface area contributed by atoms with Gasteiger partial charge in [0, 0.05) is 30.8 Å². The minimum absolute atomic E-state index is 0.108. The second kappa shape index (κ2) is 9.58. The molecular formula is C24H28N2O6. The fourth-order valence-corrected chi connectivity index (χ4v) is 4.42. The Morgan fingerprint density at radius 1 is 1.09 bits per heavy atom. The zero-order valence-electron chi connectivity index (χ0n) is 18.3. The average molecular weight is 440 g/mol. The van der Waals surface area contributed by atoms with Crippen molar-refractivity contribution in [1.82, 2.24) is 4.90 Å². The summed E-state index contributed by atoms with van der Waals surface area (Å²) in [4.78, 5) is 28.9. The molecule has 0 aliphatic carbocycles. The maximum Gasteiger partial charge on any atom is 0.254 e. The minimum atomic E-state index is -0.563. The van der Waals surface area contributed by atoms with E-state index in [0.717, 1.165) is 17.7 Å². The number of carbonyl (C=O) groups excluding carboxylic acids is 2. The molecule has 0 saturated carbocycles. The third-order valence-electron chi connectivity index (χ3n) is 6.04. The molecular weight excluding hydrogens is 412 g/mol. The maximum atomic E-state index is 13.5. The van der Waals surface area contributed by atoms with Crippen LogP contribution in [0.2, 0.25) is 0 Å². The van der Waals surface area contributed by atoms with Gasteiger partial charge in [-0.25, -0.2) is 0 Å². The van der Waals surface area contributed by atoms with Gasteiger partial charge in [-0.3, -0.25) is 9.59 Å². The van der Waals surface area contributed by atoms with Crippen molar-refractivity contribution in [3.05, 3.63) is 53.6 Å². The topological polar surface area (TPSA) is 88.5 Å². The van der Waals surface area contributed by atoms with Crippen LogP contribution in [0.3, 0.4) is 0 Å². The van der Waals surface area contributed by atoms with Crippen LogP contribution in [-0.2, 0) is 9.53 Å².